The minimum atomic E-state index is -1.03. The molecule has 234 valence electrons. The molecule has 4 atom stereocenters. The number of benzene rings is 2. The van der Waals surface area contributed by atoms with E-state index in [-0.39, 0.29) is 17.9 Å². The van der Waals surface area contributed by atoms with Crippen LogP contribution in [0.1, 0.15) is 107 Å². The standard InChI is InChI=1S/C36H50N2O5/c1-36(2,43-4)30-31(37-23-28-22-27(20-21-29(28)42-3)24-14-8-5-9-15-24)32(25-16-10-6-11-17-25)38(33(30)35(40)41)34(39)26-18-12-7-13-19-26/h6,10-11,16-17,20-22,24,26,30-33,37H,5,7-9,12-15,18-19,23H2,1-4H3,(H,40,41)/t30-,31-,32-,33-/m0/s1. The lowest BCUT2D eigenvalue weighted by Crippen LogP contribution is -2.53. The molecule has 7 heteroatoms. The number of carbonyl (C=O) groups excluding carboxylic acids is 1. The average Bonchev–Trinajstić information content (AvgIpc) is 3.41. The first-order valence-electron chi connectivity index (χ1n) is 16.3. The maximum Gasteiger partial charge on any atom is 0.326 e. The van der Waals surface area contributed by atoms with Gasteiger partial charge < -0.3 is 24.8 Å². The Morgan fingerprint density at radius 1 is 0.907 bits per heavy atom. The minimum Gasteiger partial charge on any atom is -0.496 e. The highest BCUT2D eigenvalue weighted by molar-refractivity contribution is 5.87. The lowest BCUT2D eigenvalue weighted by atomic mass is 9.79. The second-order valence-corrected chi connectivity index (χ2v) is 13.4. The van der Waals surface area contributed by atoms with Crippen LogP contribution in [0.2, 0.25) is 0 Å². The Kier molecular flexibility index (Phi) is 10.1. The third kappa shape index (κ3) is 6.63. The van der Waals surface area contributed by atoms with Gasteiger partial charge >= 0.3 is 5.97 Å². The molecule has 43 heavy (non-hydrogen) atoms. The summed E-state index contributed by atoms with van der Waals surface area (Å²) in [5.74, 6) is -0.309. The summed E-state index contributed by atoms with van der Waals surface area (Å²) >= 11 is 0. The molecule has 1 saturated heterocycles. The van der Waals surface area contributed by atoms with Gasteiger partial charge in [-0.3, -0.25) is 4.79 Å². The summed E-state index contributed by atoms with van der Waals surface area (Å²) in [6, 6.07) is 14.6. The molecule has 2 saturated carbocycles. The molecule has 2 aliphatic carbocycles. The number of amides is 1. The van der Waals surface area contributed by atoms with E-state index in [1.165, 1.54) is 37.7 Å². The molecule has 1 aliphatic heterocycles. The van der Waals surface area contributed by atoms with Crippen molar-refractivity contribution in [1.82, 2.24) is 10.2 Å². The van der Waals surface area contributed by atoms with Gasteiger partial charge in [-0.25, -0.2) is 4.79 Å². The van der Waals surface area contributed by atoms with E-state index >= 15 is 0 Å². The van der Waals surface area contributed by atoms with E-state index in [9.17, 15) is 14.7 Å². The number of ether oxygens (including phenoxy) is 2. The quantitative estimate of drug-likeness (QED) is 0.314. The monoisotopic (exact) mass is 590 g/mol. The number of nitrogens with one attached hydrogen (secondary N) is 1. The fraction of sp³-hybridized carbons (Fsp3) is 0.611. The third-order valence-electron chi connectivity index (χ3n) is 10.5. The molecule has 0 bridgehead atoms. The van der Waals surface area contributed by atoms with Crippen LogP contribution in [0.3, 0.4) is 0 Å². The Morgan fingerprint density at radius 2 is 1.56 bits per heavy atom. The molecular formula is C36H50N2O5. The maximum atomic E-state index is 14.4. The van der Waals surface area contributed by atoms with E-state index in [1.807, 2.05) is 44.2 Å². The van der Waals surface area contributed by atoms with Crippen molar-refractivity contribution in [3.05, 3.63) is 65.2 Å². The number of aliphatic carboxylic acids is 1. The van der Waals surface area contributed by atoms with Gasteiger partial charge in [0.25, 0.3) is 0 Å². The molecule has 3 aliphatic rings. The molecule has 7 nitrogen and oxygen atoms in total. The van der Waals surface area contributed by atoms with E-state index < -0.39 is 29.6 Å². The number of carbonyl (C=O) groups is 2. The van der Waals surface area contributed by atoms with E-state index in [0.717, 1.165) is 49.0 Å². The SMILES string of the molecule is COc1ccc(C2CCCCC2)cc1CN[C@H]1[C@H](C(C)(C)OC)[C@@H](C(=O)O)N(C(=O)C2CCCCC2)[C@H]1c1ccccc1. The lowest BCUT2D eigenvalue weighted by molar-refractivity contribution is -0.156. The smallest absolute Gasteiger partial charge is 0.326 e. The van der Waals surface area contributed by atoms with Gasteiger partial charge in [-0.2, -0.15) is 0 Å². The Hall–Kier alpha value is -2.90. The van der Waals surface area contributed by atoms with Gasteiger partial charge in [-0.1, -0.05) is 81.0 Å². The normalized spacial score (nSPS) is 25.5. The van der Waals surface area contributed by atoms with Crippen LogP contribution < -0.4 is 10.1 Å². The van der Waals surface area contributed by atoms with Crippen molar-refractivity contribution >= 4 is 11.9 Å². The molecule has 1 amide bonds. The summed E-state index contributed by atoms with van der Waals surface area (Å²) in [6.07, 6.45) is 11.0. The van der Waals surface area contributed by atoms with E-state index in [2.05, 4.69) is 23.5 Å². The van der Waals surface area contributed by atoms with Gasteiger partial charge in [0.15, 0.2) is 0 Å². The molecule has 0 aromatic heterocycles. The summed E-state index contributed by atoms with van der Waals surface area (Å²) in [5, 5.41) is 14.6. The van der Waals surface area contributed by atoms with Crippen LogP contribution in [0.15, 0.2) is 48.5 Å². The van der Waals surface area contributed by atoms with Gasteiger partial charge in [0.2, 0.25) is 5.91 Å². The number of hydrogen-bond donors (Lipinski definition) is 2. The number of hydrogen-bond acceptors (Lipinski definition) is 5. The second-order valence-electron chi connectivity index (χ2n) is 13.4. The Bertz CT molecular complexity index is 1240. The first kappa shape index (κ1) is 31.5. The van der Waals surface area contributed by atoms with Gasteiger partial charge in [0.1, 0.15) is 11.8 Å². The molecule has 0 radical (unpaired) electrons. The number of nitrogens with zero attached hydrogens (tertiary/aromatic N) is 1. The van der Waals surface area contributed by atoms with E-state index in [0.29, 0.717) is 12.5 Å². The number of rotatable bonds is 10. The maximum absolute atomic E-state index is 14.4. The number of methoxy groups -OCH3 is 2. The van der Waals surface area contributed by atoms with Crippen LogP contribution in [0.25, 0.3) is 0 Å². The highest BCUT2D eigenvalue weighted by atomic mass is 16.5. The van der Waals surface area contributed by atoms with Crippen LogP contribution in [0.4, 0.5) is 0 Å². The van der Waals surface area contributed by atoms with Crippen molar-refractivity contribution in [3.8, 4) is 5.75 Å². The largest absolute Gasteiger partial charge is 0.496 e. The van der Waals surface area contributed by atoms with Gasteiger partial charge in [-0.05, 0) is 62.6 Å². The molecule has 0 unspecified atom stereocenters. The summed E-state index contributed by atoms with van der Waals surface area (Å²) in [4.78, 5) is 29.3. The highest BCUT2D eigenvalue weighted by Gasteiger charge is 2.59. The topological polar surface area (TPSA) is 88.1 Å². The fourth-order valence-electron chi connectivity index (χ4n) is 8.08. The van der Waals surface area contributed by atoms with Crippen LogP contribution in [-0.4, -0.2) is 53.8 Å². The van der Waals surface area contributed by atoms with Crippen molar-refractivity contribution in [2.24, 2.45) is 11.8 Å². The number of carboxylic acids is 1. The predicted molar refractivity (Wildman–Crippen MR) is 168 cm³/mol. The first-order valence-corrected chi connectivity index (χ1v) is 16.3. The van der Waals surface area contributed by atoms with Crippen LogP contribution in [0, 0.1) is 11.8 Å². The average molecular weight is 591 g/mol. The van der Waals surface area contributed by atoms with E-state index in [4.69, 9.17) is 9.47 Å². The van der Waals surface area contributed by atoms with Gasteiger partial charge in [-0.15, -0.1) is 0 Å². The van der Waals surface area contributed by atoms with Crippen LogP contribution in [-0.2, 0) is 20.9 Å². The van der Waals surface area contributed by atoms with Crippen molar-refractivity contribution in [1.29, 1.82) is 0 Å². The van der Waals surface area contributed by atoms with Crippen molar-refractivity contribution in [2.45, 2.75) is 114 Å². The number of carboxylic acid groups (broad SMARTS) is 1. The zero-order valence-electron chi connectivity index (χ0n) is 26.4. The van der Waals surface area contributed by atoms with Gasteiger partial charge in [0.05, 0.1) is 18.8 Å². The summed E-state index contributed by atoms with van der Waals surface area (Å²) in [6.45, 7) is 4.39. The van der Waals surface area contributed by atoms with E-state index in [1.54, 1.807) is 19.1 Å². The molecule has 2 N–H and O–H groups in total. The molecule has 3 fully saturated rings. The fourth-order valence-corrected chi connectivity index (χ4v) is 8.08. The van der Waals surface area contributed by atoms with Crippen LogP contribution >= 0.6 is 0 Å². The van der Waals surface area contributed by atoms with Crippen LogP contribution in [0.5, 0.6) is 5.75 Å². The Labute approximate surface area is 257 Å². The number of likely N-dealkylation sites (tertiary alicyclic amines) is 1. The van der Waals surface area contributed by atoms with Crippen molar-refractivity contribution in [3.63, 3.8) is 0 Å². The zero-order valence-corrected chi connectivity index (χ0v) is 26.4. The molecule has 1 heterocycles. The minimum absolute atomic E-state index is 0.0426. The van der Waals surface area contributed by atoms with Gasteiger partial charge in [0, 0.05) is 37.1 Å². The summed E-state index contributed by atoms with van der Waals surface area (Å²) in [7, 11) is 3.33. The molecular weight excluding hydrogens is 540 g/mol. The highest BCUT2D eigenvalue weighted by Crippen LogP contribution is 2.48. The predicted octanol–water partition coefficient (Wildman–Crippen LogP) is 6.86. The Balaban J connectivity index is 1.56. The van der Waals surface area contributed by atoms with Crippen molar-refractivity contribution < 1.29 is 24.2 Å². The summed E-state index contributed by atoms with van der Waals surface area (Å²) < 4.78 is 11.8. The molecule has 2 aromatic rings. The Morgan fingerprint density at radius 3 is 2.16 bits per heavy atom. The molecule has 0 spiro atoms. The third-order valence-corrected chi connectivity index (χ3v) is 10.5. The molecule has 5 rings (SSSR count). The first-order chi connectivity index (χ1) is 20.8. The summed E-state index contributed by atoms with van der Waals surface area (Å²) in [5.41, 5.74) is 2.52. The zero-order chi connectivity index (χ0) is 30.6. The molecule has 2 aromatic carbocycles. The van der Waals surface area contributed by atoms with Crippen molar-refractivity contribution in [2.75, 3.05) is 14.2 Å². The lowest BCUT2D eigenvalue weighted by Gasteiger charge is -2.37. The second kappa shape index (κ2) is 13.8.